The fourth-order valence-corrected chi connectivity index (χ4v) is 2.50. The molecule has 0 aliphatic heterocycles. The molecule has 114 valence electrons. The smallest absolute Gasteiger partial charge is 0.331 e. The van der Waals surface area contributed by atoms with Crippen LogP contribution in [0.3, 0.4) is 0 Å². The molecule has 4 N–H and O–H groups in total. The van der Waals surface area contributed by atoms with Crippen molar-refractivity contribution < 1.29 is 25.2 Å². The van der Waals surface area contributed by atoms with E-state index in [1.54, 1.807) is 0 Å². The number of allylic oxidation sites excluding steroid dienone is 2. The summed E-state index contributed by atoms with van der Waals surface area (Å²) >= 11 is 0. The van der Waals surface area contributed by atoms with Crippen molar-refractivity contribution in [3.05, 3.63) is 23.3 Å². The molecule has 1 aliphatic carbocycles. The molecular formula is C15H24O5. The Morgan fingerprint density at radius 1 is 1.50 bits per heavy atom. The van der Waals surface area contributed by atoms with Gasteiger partial charge in [-0.3, -0.25) is 0 Å². The van der Waals surface area contributed by atoms with Crippen LogP contribution in [0.4, 0.5) is 0 Å². The van der Waals surface area contributed by atoms with E-state index in [1.165, 1.54) is 19.4 Å². The molecule has 5 heteroatoms. The van der Waals surface area contributed by atoms with E-state index in [0.717, 1.165) is 18.9 Å². The molecule has 0 saturated heterocycles. The van der Waals surface area contributed by atoms with Crippen molar-refractivity contribution in [2.24, 2.45) is 5.92 Å². The van der Waals surface area contributed by atoms with Gasteiger partial charge in [-0.15, -0.1) is 0 Å². The maximum Gasteiger partial charge on any atom is 0.331 e. The van der Waals surface area contributed by atoms with Gasteiger partial charge >= 0.3 is 5.97 Å². The summed E-state index contributed by atoms with van der Waals surface area (Å²) in [4.78, 5) is 10.7. The van der Waals surface area contributed by atoms with Gasteiger partial charge in [-0.2, -0.15) is 0 Å². The first kappa shape index (κ1) is 16.9. The molecular weight excluding hydrogens is 260 g/mol. The van der Waals surface area contributed by atoms with Crippen molar-refractivity contribution >= 4 is 5.97 Å². The summed E-state index contributed by atoms with van der Waals surface area (Å²) in [5.41, 5.74) is -0.272. The molecule has 1 rings (SSSR count). The van der Waals surface area contributed by atoms with E-state index in [2.05, 4.69) is 0 Å². The van der Waals surface area contributed by atoms with E-state index in [4.69, 9.17) is 5.11 Å². The monoisotopic (exact) mass is 284 g/mol. The van der Waals surface area contributed by atoms with Gasteiger partial charge in [0.05, 0.1) is 5.60 Å². The first-order valence-corrected chi connectivity index (χ1v) is 6.82. The summed E-state index contributed by atoms with van der Waals surface area (Å²) in [6, 6.07) is 0. The normalized spacial score (nSPS) is 26.4. The largest absolute Gasteiger partial charge is 0.478 e. The van der Waals surface area contributed by atoms with Crippen LogP contribution in [0.5, 0.6) is 0 Å². The summed E-state index contributed by atoms with van der Waals surface area (Å²) in [6.45, 7) is 4.85. The predicted octanol–water partition coefficient (Wildman–Crippen LogP) is 1.24. The molecule has 5 nitrogen and oxygen atoms in total. The van der Waals surface area contributed by atoms with E-state index in [1.807, 2.05) is 13.0 Å². The molecule has 0 fully saturated rings. The lowest BCUT2D eigenvalue weighted by atomic mass is 9.74. The molecule has 0 bridgehead atoms. The lowest BCUT2D eigenvalue weighted by Gasteiger charge is -2.39. The van der Waals surface area contributed by atoms with Crippen LogP contribution in [0.2, 0.25) is 0 Å². The number of carbonyl (C=O) groups is 1. The van der Waals surface area contributed by atoms with Gasteiger partial charge < -0.3 is 20.4 Å². The lowest BCUT2D eigenvalue weighted by molar-refractivity contribution is -0.137. The van der Waals surface area contributed by atoms with Crippen LogP contribution < -0.4 is 0 Å². The van der Waals surface area contributed by atoms with Gasteiger partial charge in [-0.1, -0.05) is 11.6 Å². The molecule has 20 heavy (non-hydrogen) atoms. The van der Waals surface area contributed by atoms with E-state index < -0.39 is 23.8 Å². The average Bonchev–Trinajstić information content (AvgIpc) is 2.37. The van der Waals surface area contributed by atoms with Crippen LogP contribution in [0, 0.1) is 5.92 Å². The summed E-state index contributed by atoms with van der Waals surface area (Å²) in [6.07, 6.45) is 2.49. The zero-order valence-corrected chi connectivity index (χ0v) is 12.2. The second kappa shape index (κ2) is 6.52. The third-order valence-corrected chi connectivity index (χ3v) is 4.14. The van der Waals surface area contributed by atoms with E-state index >= 15 is 0 Å². The van der Waals surface area contributed by atoms with Crippen LogP contribution in [0.1, 0.15) is 40.0 Å². The Kier molecular flexibility index (Phi) is 5.50. The third kappa shape index (κ3) is 3.91. The minimum absolute atomic E-state index is 0.0632. The molecule has 0 radical (unpaired) electrons. The number of carboxylic acid groups (broad SMARTS) is 1. The Morgan fingerprint density at radius 2 is 2.10 bits per heavy atom. The fourth-order valence-electron chi connectivity index (χ4n) is 2.50. The van der Waals surface area contributed by atoms with Gasteiger partial charge in [0, 0.05) is 5.57 Å². The molecule has 1 aliphatic rings. The van der Waals surface area contributed by atoms with Crippen molar-refractivity contribution in [2.75, 3.05) is 0 Å². The lowest BCUT2D eigenvalue weighted by Crippen LogP contribution is -2.51. The quantitative estimate of drug-likeness (QED) is 0.450. The van der Waals surface area contributed by atoms with Crippen LogP contribution in [-0.2, 0) is 4.79 Å². The zero-order chi connectivity index (χ0) is 15.5. The first-order chi connectivity index (χ1) is 9.16. The average molecular weight is 284 g/mol. The van der Waals surface area contributed by atoms with Crippen molar-refractivity contribution in [1.29, 1.82) is 0 Å². The van der Waals surface area contributed by atoms with Gasteiger partial charge in [0.2, 0.25) is 0 Å². The van der Waals surface area contributed by atoms with E-state index in [-0.39, 0.29) is 11.5 Å². The second-order valence-electron chi connectivity index (χ2n) is 5.84. The Hall–Kier alpha value is -1.17. The maximum absolute atomic E-state index is 10.7. The van der Waals surface area contributed by atoms with Gasteiger partial charge in [0.15, 0.2) is 0 Å². The van der Waals surface area contributed by atoms with Crippen LogP contribution in [-0.4, -0.2) is 44.2 Å². The topological polar surface area (TPSA) is 98.0 Å². The van der Waals surface area contributed by atoms with Gasteiger partial charge in [-0.05, 0) is 52.0 Å². The van der Waals surface area contributed by atoms with Crippen LogP contribution in [0.25, 0.3) is 0 Å². The van der Waals surface area contributed by atoms with Crippen molar-refractivity contribution in [1.82, 2.24) is 0 Å². The van der Waals surface area contributed by atoms with Crippen LogP contribution >= 0.6 is 0 Å². The molecule has 4 atom stereocenters. The van der Waals surface area contributed by atoms with Gasteiger partial charge in [0.25, 0.3) is 0 Å². The van der Waals surface area contributed by atoms with Crippen molar-refractivity contribution in [3.63, 3.8) is 0 Å². The van der Waals surface area contributed by atoms with E-state index in [0.29, 0.717) is 6.42 Å². The van der Waals surface area contributed by atoms with Crippen molar-refractivity contribution in [3.8, 4) is 0 Å². The second-order valence-corrected chi connectivity index (χ2v) is 5.84. The van der Waals surface area contributed by atoms with Gasteiger partial charge in [0.1, 0.15) is 12.2 Å². The summed E-state index contributed by atoms with van der Waals surface area (Å²) in [5, 5.41) is 39.3. The molecule has 0 unspecified atom stereocenters. The number of aliphatic hydroxyl groups is 3. The summed E-state index contributed by atoms with van der Waals surface area (Å²) in [7, 11) is 0. The third-order valence-electron chi connectivity index (χ3n) is 4.14. The Balaban J connectivity index is 2.81. The number of hydrogen-bond donors (Lipinski definition) is 4. The molecule has 0 saturated carbocycles. The van der Waals surface area contributed by atoms with Crippen LogP contribution in [0.15, 0.2) is 23.3 Å². The van der Waals surface area contributed by atoms with E-state index in [9.17, 15) is 20.1 Å². The molecule has 0 aromatic heterocycles. The van der Waals surface area contributed by atoms with Crippen molar-refractivity contribution in [2.45, 2.75) is 57.8 Å². The molecule has 0 spiro atoms. The maximum atomic E-state index is 10.7. The number of hydrogen-bond acceptors (Lipinski definition) is 4. The Labute approximate surface area is 119 Å². The highest BCUT2D eigenvalue weighted by Crippen LogP contribution is 2.35. The minimum atomic E-state index is -1.47. The summed E-state index contributed by atoms with van der Waals surface area (Å²) in [5.74, 6) is -1.32. The number of aliphatic carboxylic acids is 1. The SMILES string of the molecule is CC1=CC[C@H]([C@@](C)(O)[C@@H](O)[C@@H](O)/C=C(\C)C(=O)O)CC1. The predicted molar refractivity (Wildman–Crippen MR) is 75.1 cm³/mol. The number of rotatable bonds is 5. The molecule has 0 heterocycles. The Bertz CT molecular complexity index is 422. The minimum Gasteiger partial charge on any atom is -0.478 e. The molecule has 0 aromatic carbocycles. The zero-order valence-electron chi connectivity index (χ0n) is 12.2. The van der Waals surface area contributed by atoms with Gasteiger partial charge in [-0.25, -0.2) is 4.79 Å². The highest BCUT2D eigenvalue weighted by Gasteiger charge is 2.41. The Morgan fingerprint density at radius 3 is 2.55 bits per heavy atom. The summed E-state index contributed by atoms with van der Waals surface area (Å²) < 4.78 is 0. The standard InChI is InChI=1S/C15H24O5/c1-9-4-6-11(7-5-9)15(3,20)13(17)12(16)8-10(2)14(18)19/h4,8,11-13,16-17,20H,5-7H2,1-3H3,(H,18,19)/b10-8+/t11-,12-,13-,15+/m0/s1. The molecule has 0 amide bonds. The highest BCUT2D eigenvalue weighted by molar-refractivity contribution is 5.85. The highest BCUT2D eigenvalue weighted by atomic mass is 16.4. The molecule has 0 aromatic rings. The number of aliphatic hydroxyl groups excluding tert-OH is 2. The fraction of sp³-hybridized carbons (Fsp3) is 0.667. The number of carboxylic acids is 1. The first-order valence-electron chi connectivity index (χ1n) is 6.82.